The number of nitrogens with zero attached hydrogens (tertiary/aromatic N) is 2. The van der Waals surface area contributed by atoms with Crippen molar-refractivity contribution in [2.45, 2.75) is 36.5 Å². The number of alkyl halides is 3. The van der Waals surface area contributed by atoms with Crippen LogP contribution in [0.2, 0.25) is 0 Å². The van der Waals surface area contributed by atoms with Gasteiger partial charge >= 0.3 is 6.18 Å². The van der Waals surface area contributed by atoms with Gasteiger partial charge in [0.25, 0.3) is 0 Å². The lowest BCUT2D eigenvalue weighted by Crippen LogP contribution is -2.45. The van der Waals surface area contributed by atoms with Crippen molar-refractivity contribution >= 4 is 32.1 Å². The molecule has 3 aromatic rings. The molecule has 244 valence electrons. The van der Waals surface area contributed by atoms with E-state index in [0.29, 0.717) is 48.8 Å². The molecule has 1 aromatic heterocycles. The van der Waals surface area contributed by atoms with E-state index in [1.165, 1.54) is 16.7 Å². The molecule has 2 aliphatic heterocycles. The molecule has 5 rings (SSSR count). The van der Waals surface area contributed by atoms with Crippen LogP contribution in [0.25, 0.3) is 10.9 Å². The summed E-state index contributed by atoms with van der Waals surface area (Å²) in [6, 6.07) is 11.7. The van der Waals surface area contributed by atoms with Crippen LogP contribution in [0.5, 0.6) is 5.75 Å². The average Bonchev–Trinajstić information content (AvgIpc) is 3.31. The van der Waals surface area contributed by atoms with Crippen molar-refractivity contribution in [3.05, 3.63) is 48.2 Å². The van der Waals surface area contributed by atoms with Crippen molar-refractivity contribution in [1.82, 2.24) is 9.47 Å². The Balaban J connectivity index is 1.48. The lowest BCUT2D eigenvalue weighted by molar-refractivity contribution is -0.140. The average molecular weight is 649 g/mol. The molecule has 0 radical (unpaired) electrons. The molecule has 1 fully saturated rings. The van der Waals surface area contributed by atoms with E-state index >= 15 is 0 Å². The second-order valence-electron chi connectivity index (χ2n) is 11.5. The molecule has 0 amide bonds. The van der Waals surface area contributed by atoms with Gasteiger partial charge in [-0.3, -0.25) is 0 Å². The topological polar surface area (TPSA) is 94.1 Å². The molecule has 45 heavy (non-hydrogen) atoms. The number of anilines is 2. The Bertz CT molecular complexity index is 1650. The highest BCUT2D eigenvalue weighted by Gasteiger charge is 2.31. The zero-order valence-corrected chi connectivity index (χ0v) is 26.3. The second-order valence-corrected chi connectivity index (χ2v) is 13.5. The fourth-order valence-electron chi connectivity index (χ4n) is 5.79. The van der Waals surface area contributed by atoms with Crippen LogP contribution in [-0.2, 0) is 25.9 Å². The number of likely N-dealkylation sites (tertiary alicyclic amines) is 1. The summed E-state index contributed by atoms with van der Waals surface area (Å²) in [5, 5.41) is 7.38. The van der Waals surface area contributed by atoms with E-state index in [1.807, 2.05) is 6.07 Å². The van der Waals surface area contributed by atoms with Crippen molar-refractivity contribution in [1.29, 1.82) is 0 Å². The number of hydrogen-bond acceptors (Lipinski definition) is 8. The number of nitrogens with one attached hydrogen (secondary N) is 2. The number of aromatic nitrogens is 1. The molecule has 1 saturated heterocycles. The molecular weight excluding hydrogens is 609 g/mol. The quantitative estimate of drug-likeness (QED) is 0.389. The number of sulfone groups is 1. The summed E-state index contributed by atoms with van der Waals surface area (Å²) < 4.78 is 84.2. The summed E-state index contributed by atoms with van der Waals surface area (Å²) in [6.07, 6.45) is -1.63. The van der Waals surface area contributed by atoms with Gasteiger partial charge in [0.1, 0.15) is 18.9 Å². The van der Waals surface area contributed by atoms with E-state index < -0.39 is 22.6 Å². The maximum Gasteiger partial charge on any atom is 0.406 e. The van der Waals surface area contributed by atoms with Gasteiger partial charge in [-0.1, -0.05) is 12.0 Å². The zero-order valence-electron chi connectivity index (χ0n) is 25.5. The van der Waals surface area contributed by atoms with Gasteiger partial charge in [0.05, 0.1) is 42.5 Å². The van der Waals surface area contributed by atoms with E-state index in [9.17, 15) is 21.6 Å². The number of fused-ring (bicyclic) bond motifs is 4. The highest BCUT2D eigenvalue weighted by atomic mass is 32.2. The lowest BCUT2D eigenvalue weighted by atomic mass is 9.89. The van der Waals surface area contributed by atoms with Gasteiger partial charge in [-0.25, -0.2) is 8.42 Å². The summed E-state index contributed by atoms with van der Waals surface area (Å²) in [5.74, 6) is 6.44. The smallest absolute Gasteiger partial charge is 0.406 e. The van der Waals surface area contributed by atoms with Crippen LogP contribution in [0.1, 0.15) is 18.5 Å². The Morgan fingerprint density at radius 2 is 1.80 bits per heavy atom. The lowest BCUT2D eigenvalue weighted by Gasteiger charge is -2.38. The normalized spacial score (nSPS) is 21.1. The number of rotatable bonds is 2. The predicted molar refractivity (Wildman–Crippen MR) is 168 cm³/mol. The van der Waals surface area contributed by atoms with Crippen LogP contribution >= 0.6 is 0 Å². The maximum atomic E-state index is 13.7. The molecule has 4 bridgehead atoms. The van der Waals surface area contributed by atoms with Crippen LogP contribution in [0.4, 0.5) is 24.5 Å². The van der Waals surface area contributed by atoms with Gasteiger partial charge in [0, 0.05) is 48.3 Å². The van der Waals surface area contributed by atoms with Crippen molar-refractivity contribution in [2.75, 3.05) is 76.6 Å². The number of benzene rings is 2. The number of hydrogen-bond donors (Lipinski definition) is 2. The van der Waals surface area contributed by atoms with Crippen molar-refractivity contribution in [2.24, 2.45) is 5.92 Å². The van der Waals surface area contributed by atoms with Gasteiger partial charge in [0.15, 0.2) is 9.84 Å². The van der Waals surface area contributed by atoms with Gasteiger partial charge < -0.3 is 34.3 Å². The summed E-state index contributed by atoms with van der Waals surface area (Å²) >= 11 is 0. The standard InChI is InChI=1S/C32H39F3N4O5S/c1-38-11-8-29-23(21-38)9-12-42-13-14-43-15-16-44-26-17-24(18-27(20-26)45(2,40)41)36-10-4-5-25-19-28-30(37-29)6-3-7-31(28)39(25)22-32(33,34)35/h3,6-7,17-20,23,29,36-37H,8-16,21-22H2,1-2H3. The fraction of sp³-hybridized carbons (Fsp3) is 0.500. The van der Waals surface area contributed by atoms with Crippen LogP contribution in [0, 0.1) is 17.8 Å². The Kier molecular flexibility index (Phi) is 10.5. The van der Waals surface area contributed by atoms with Gasteiger partial charge in [-0.2, -0.15) is 13.2 Å². The summed E-state index contributed by atoms with van der Waals surface area (Å²) in [7, 11) is -1.45. The summed E-state index contributed by atoms with van der Waals surface area (Å²) in [4.78, 5) is 2.35. The number of ether oxygens (including phenoxy) is 3. The van der Waals surface area contributed by atoms with Gasteiger partial charge in [0.2, 0.25) is 0 Å². The summed E-state index contributed by atoms with van der Waals surface area (Å²) in [6.45, 7) is 2.55. The molecule has 13 heteroatoms. The molecule has 2 aromatic carbocycles. The van der Waals surface area contributed by atoms with Gasteiger partial charge in [-0.05, 0) is 68.6 Å². The third-order valence-corrected chi connectivity index (χ3v) is 9.06. The van der Waals surface area contributed by atoms with Crippen LogP contribution in [0.15, 0.2) is 47.4 Å². The van der Waals surface area contributed by atoms with Crippen LogP contribution < -0.4 is 15.4 Å². The first-order valence-electron chi connectivity index (χ1n) is 15.0. The minimum absolute atomic E-state index is 0.0612. The molecule has 0 spiro atoms. The molecule has 3 heterocycles. The SMILES string of the molecule is CN1CCC2Nc3cccc4c3cc(n4CC(F)(F)F)C#CCNc3cc(cc(S(C)(=O)=O)c3)OCCOCCOCCC2C1. The highest BCUT2D eigenvalue weighted by molar-refractivity contribution is 7.90. The monoisotopic (exact) mass is 648 g/mol. The van der Waals surface area contributed by atoms with Crippen LogP contribution in [-0.4, -0.2) is 96.1 Å². The molecule has 2 unspecified atom stereocenters. The van der Waals surface area contributed by atoms with E-state index in [0.717, 1.165) is 37.9 Å². The van der Waals surface area contributed by atoms with E-state index in [2.05, 4.69) is 34.4 Å². The molecule has 0 saturated carbocycles. The molecule has 2 atom stereocenters. The van der Waals surface area contributed by atoms with E-state index in [1.54, 1.807) is 24.3 Å². The Labute approximate surface area is 261 Å². The number of piperidine rings is 1. The molecule has 9 nitrogen and oxygen atoms in total. The molecule has 2 N–H and O–H groups in total. The second kappa shape index (κ2) is 14.3. The third-order valence-electron chi connectivity index (χ3n) is 7.97. The number of halogens is 3. The minimum Gasteiger partial charge on any atom is -0.491 e. The highest BCUT2D eigenvalue weighted by Crippen LogP contribution is 2.32. The van der Waals surface area contributed by atoms with E-state index in [4.69, 9.17) is 14.2 Å². The first-order valence-corrected chi connectivity index (χ1v) is 16.9. The van der Waals surface area contributed by atoms with Crippen LogP contribution in [0.3, 0.4) is 0 Å². The maximum absolute atomic E-state index is 13.7. The first-order chi connectivity index (χ1) is 21.5. The van der Waals surface area contributed by atoms with Gasteiger partial charge in [-0.15, -0.1) is 0 Å². The zero-order chi connectivity index (χ0) is 32.0. The summed E-state index contributed by atoms with van der Waals surface area (Å²) in [5.41, 5.74) is 1.90. The van der Waals surface area contributed by atoms with E-state index in [-0.39, 0.29) is 35.7 Å². The molecule has 2 aliphatic rings. The largest absolute Gasteiger partial charge is 0.491 e. The molecular formula is C32H39F3N4O5S. The fourth-order valence-corrected chi connectivity index (χ4v) is 6.46. The Morgan fingerprint density at radius 1 is 1.02 bits per heavy atom. The Morgan fingerprint density at radius 3 is 2.58 bits per heavy atom. The Hall–Kier alpha value is -3.44. The van der Waals surface area contributed by atoms with Crippen molar-refractivity contribution in [3.8, 4) is 17.6 Å². The van der Waals surface area contributed by atoms with Crippen molar-refractivity contribution < 1.29 is 35.8 Å². The molecule has 0 aliphatic carbocycles. The van der Waals surface area contributed by atoms with Crippen molar-refractivity contribution in [3.63, 3.8) is 0 Å². The first kappa shape index (κ1) is 32.9. The predicted octanol–water partition coefficient (Wildman–Crippen LogP) is 4.62. The third kappa shape index (κ3) is 9.07. The minimum atomic E-state index is -4.45.